The van der Waals surface area contributed by atoms with Gasteiger partial charge in [-0.2, -0.15) is 0 Å². The highest BCUT2D eigenvalue weighted by Gasteiger charge is 2.27. The molecule has 1 atom stereocenters. The molecule has 0 bridgehead atoms. The van der Waals surface area contributed by atoms with E-state index in [9.17, 15) is 18.0 Å². The molecule has 2 N–H and O–H groups in total. The number of amides is 2. The van der Waals surface area contributed by atoms with Crippen molar-refractivity contribution in [3.05, 3.63) is 59.7 Å². The molecule has 1 saturated heterocycles. The predicted octanol–water partition coefficient (Wildman–Crippen LogP) is 3.81. The minimum Gasteiger partial charge on any atom is -0.338 e. The van der Waals surface area contributed by atoms with Crippen LogP contribution in [-0.2, 0) is 14.8 Å². The molecule has 1 fully saturated rings. The summed E-state index contributed by atoms with van der Waals surface area (Å²) in [5.74, 6) is -0.203. The molecule has 1 aliphatic heterocycles. The lowest BCUT2D eigenvalue weighted by Gasteiger charge is -2.33. The van der Waals surface area contributed by atoms with Crippen LogP contribution < -0.4 is 10.0 Å². The molecule has 2 amide bonds. The lowest BCUT2D eigenvalue weighted by atomic mass is 9.95. The maximum Gasteiger partial charge on any atom is 0.253 e. The fourth-order valence-corrected chi connectivity index (χ4v) is 4.79. The van der Waals surface area contributed by atoms with E-state index in [1.807, 2.05) is 27.7 Å². The number of piperidine rings is 1. The number of carbonyl (C=O) groups is 2. The van der Waals surface area contributed by atoms with Crippen molar-refractivity contribution in [2.24, 2.45) is 11.3 Å². The van der Waals surface area contributed by atoms with E-state index in [-0.39, 0.29) is 29.2 Å². The molecule has 0 aliphatic carbocycles. The Bertz CT molecular complexity index is 1110. The second-order valence-electron chi connectivity index (χ2n) is 9.71. The first-order valence-corrected chi connectivity index (χ1v) is 12.7. The molecular weight excluding hydrogens is 438 g/mol. The van der Waals surface area contributed by atoms with Crippen molar-refractivity contribution in [2.75, 3.05) is 25.0 Å². The van der Waals surface area contributed by atoms with Gasteiger partial charge in [-0.25, -0.2) is 13.1 Å². The van der Waals surface area contributed by atoms with Crippen molar-refractivity contribution < 1.29 is 18.0 Å². The van der Waals surface area contributed by atoms with Crippen LogP contribution in [-0.4, -0.2) is 44.8 Å². The Labute approximate surface area is 196 Å². The summed E-state index contributed by atoms with van der Waals surface area (Å²) in [6.45, 7) is 8.79. The molecule has 8 heteroatoms. The molecule has 1 unspecified atom stereocenters. The highest BCUT2D eigenvalue weighted by molar-refractivity contribution is 7.89. The molecule has 0 saturated carbocycles. The van der Waals surface area contributed by atoms with Gasteiger partial charge in [0, 0.05) is 36.3 Å². The van der Waals surface area contributed by atoms with Crippen molar-refractivity contribution in [1.29, 1.82) is 0 Å². The highest BCUT2D eigenvalue weighted by atomic mass is 32.2. The smallest absolute Gasteiger partial charge is 0.253 e. The summed E-state index contributed by atoms with van der Waals surface area (Å²) in [6, 6.07) is 13.7. The molecule has 7 nitrogen and oxygen atoms in total. The van der Waals surface area contributed by atoms with Gasteiger partial charge in [-0.15, -0.1) is 0 Å². The van der Waals surface area contributed by atoms with E-state index in [2.05, 4.69) is 10.0 Å². The lowest BCUT2D eigenvalue weighted by molar-refractivity contribution is -0.123. The minimum atomic E-state index is -3.59. The average Bonchev–Trinajstić information content (AvgIpc) is 2.77. The monoisotopic (exact) mass is 471 g/mol. The third kappa shape index (κ3) is 6.65. The zero-order valence-electron chi connectivity index (χ0n) is 19.7. The third-order valence-corrected chi connectivity index (χ3v) is 7.19. The Morgan fingerprint density at radius 3 is 2.45 bits per heavy atom. The molecular formula is C25H33N3O4S. The second-order valence-corrected chi connectivity index (χ2v) is 11.5. The van der Waals surface area contributed by atoms with Crippen LogP contribution in [0.15, 0.2) is 53.4 Å². The normalized spacial score (nSPS) is 17.0. The number of hydrogen-bond donors (Lipinski definition) is 2. The van der Waals surface area contributed by atoms with Gasteiger partial charge in [0.1, 0.15) is 0 Å². The van der Waals surface area contributed by atoms with Crippen LogP contribution >= 0.6 is 0 Å². The first kappa shape index (κ1) is 24.9. The van der Waals surface area contributed by atoms with E-state index in [4.69, 9.17) is 0 Å². The fraction of sp³-hybridized carbons (Fsp3) is 0.440. The number of nitrogens with zero attached hydrogens (tertiary/aromatic N) is 1. The summed E-state index contributed by atoms with van der Waals surface area (Å²) in [5.41, 5.74) is 1.55. The molecule has 2 aromatic carbocycles. The molecule has 178 valence electrons. The summed E-state index contributed by atoms with van der Waals surface area (Å²) in [7, 11) is -3.59. The lowest BCUT2D eigenvalue weighted by Crippen LogP contribution is -2.43. The number of sulfonamides is 1. The number of rotatable bonds is 6. The number of likely N-dealkylation sites (tertiary alicyclic amines) is 1. The summed E-state index contributed by atoms with van der Waals surface area (Å²) < 4.78 is 27.9. The molecule has 0 radical (unpaired) electrons. The van der Waals surface area contributed by atoms with E-state index in [0.29, 0.717) is 24.3 Å². The van der Waals surface area contributed by atoms with E-state index in [1.54, 1.807) is 53.4 Å². The number of benzene rings is 2. The maximum atomic E-state index is 13.1. The number of hydrogen-bond acceptors (Lipinski definition) is 4. The van der Waals surface area contributed by atoms with Gasteiger partial charge in [-0.3, -0.25) is 9.59 Å². The molecule has 0 spiro atoms. The second kappa shape index (κ2) is 10.1. The van der Waals surface area contributed by atoms with Gasteiger partial charge in [0.15, 0.2) is 0 Å². The Morgan fingerprint density at radius 2 is 1.79 bits per heavy atom. The first-order chi connectivity index (χ1) is 15.5. The average molecular weight is 472 g/mol. The van der Waals surface area contributed by atoms with Gasteiger partial charge in [0.25, 0.3) is 5.91 Å². The van der Waals surface area contributed by atoms with E-state index in [1.165, 1.54) is 0 Å². The SMILES string of the molecule is Cc1ccc(S(=O)(=O)NCC2CCCN(C(=O)c3cccc(NC(=O)C(C)(C)C)c3)C2)cc1. The molecule has 3 rings (SSSR count). The maximum absolute atomic E-state index is 13.1. The predicted molar refractivity (Wildman–Crippen MR) is 130 cm³/mol. The zero-order chi connectivity index (χ0) is 24.2. The minimum absolute atomic E-state index is 0.0340. The quantitative estimate of drug-likeness (QED) is 0.670. The first-order valence-electron chi connectivity index (χ1n) is 11.2. The summed E-state index contributed by atoms with van der Waals surface area (Å²) in [5, 5.41) is 2.86. The largest absolute Gasteiger partial charge is 0.338 e. The van der Waals surface area contributed by atoms with Crippen LogP contribution in [0.1, 0.15) is 49.5 Å². The van der Waals surface area contributed by atoms with E-state index < -0.39 is 15.4 Å². The van der Waals surface area contributed by atoms with Crippen molar-refractivity contribution >= 4 is 27.5 Å². The van der Waals surface area contributed by atoms with Gasteiger partial charge in [0.2, 0.25) is 15.9 Å². The van der Waals surface area contributed by atoms with Crippen molar-refractivity contribution in [2.45, 2.75) is 45.4 Å². The molecule has 1 aliphatic rings. The van der Waals surface area contributed by atoms with Crippen LogP contribution in [0.3, 0.4) is 0 Å². The fourth-order valence-electron chi connectivity index (χ4n) is 3.68. The summed E-state index contributed by atoms with van der Waals surface area (Å²) >= 11 is 0. The molecule has 2 aromatic rings. The topological polar surface area (TPSA) is 95.6 Å². The van der Waals surface area contributed by atoms with Gasteiger partial charge >= 0.3 is 0 Å². The molecule has 33 heavy (non-hydrogen) atoms. The van der Waals surface area contributed by atoms with Crippen molar-refractivity contribution in [3.63, 3.8) is 0 Å². The van der Waals surface area contributed by atoms with Gasteiger partial charge in [-0.1, -0.05) is 44.5 Å². The van der Waals surface area contributed by atoms with Gasteiger partial charge in [-0.05, 0) is 56.0 Å². The summed E-state index contributed by atoms with van der Waals surface area (Å²) in [6.07, 6.45) is 1.66. The standard InChI is InChI=1S/C25H33N3O4S/c1-18-10-12-22(13-11-18)33(31,32)26-16-19-7-6-14-28(17-19)23(29)20-8-5-9-21(15-20)27-24(30)25(2,3)4/h5,8-13,15,19,26H,6-7,14,16-17H2,1-4H3,(H,27,30). The molecule has 0 aromatic heterocycles. The zero-order valence-corrected chi connectivity index (χ0v) is 20.5. The van der Waals surface area contributed by atoms with Crippen LogP contribution in [0.5, 0.6) is 0 Å². The Balaban J connectivity index is 1.62. The molecule has 1 heterocycles. The highest BCUT2D eigenvalue weighted by Crippen LogP contribution is 2.22. The Kier molecular flexibility index (Phi) is 7.59. The Hall–Kier alpha value is -2.71. The van der Waals surface area contributed by atoms with Crippen LogP contribution in [0.4, 0.5) is 5.69 Å². The number of carbonyl (C=O) groups excluding carboxylic acids is 2. The number of nitrogens with one attached hydrogen (secondary N) is 2. The number of aryl methyl sites for hydroxylation is 1. The Morgan fingerprint density at radius 1 is 1.09 bits per heavy atom. The third-order valence-electron chi connectivity index (χ3n) is 5.75. The number of anilines is 1. The van der Waals surface area contributed by atoms with Crippen LogP contribution in [0.25, 0.3) is 0 Å². The van der Waals surface area contributed by atoms with Gasteiger partial charge in [0.05, 0.1) is 4.90 Å². The van der Waals surface area contributed by atoms with Crippen molar-refractivity contribution in [1.82, 2.24) is 9.62 Å². The van der Waals surface area contributed by atoms with E-state index in [0.717, 1.165) is 18.4 Å². The van der Waals surface area contributed by atoms with Gasteiger partial charge < -0.3 is 10.2 Å². The van der Waals surface area contributed by atoms with Crippen LogP contribution in [0, 0.1) is 18.3 Å². The summed E-state index contributed by atoms with van der Waals surface area (Å²) in [4.78, 5) is 27.4. The van der Waals surface area contributed by atoms with Crippen molar-refractivity contribution in [3.8, 4) is 0 Å². The van der Waals surface area contributed by atoms with E-state index >= 15 is 0 Å². The van der Waals surface area contributed by atoms with Crippen LogP contribution in [0.2, 0.25) is 0 Å².